The van der Waals surface area contributed by atoms with Gasteiger partial charge in [0.1, 0.15) is 23.6 Å². The van der Waals surface area contributed by atoms with Crippen LogP contribution >= 0.6 is 23.2 Å². The van der Waals surface area contributed by atoms with Crippen molar-refractivity contribution in [2.24, 2.45) is 70.0 Å². The van der Waals surface area contributed by atoms with E-state index < -0.39 is 47.3 Å². The third-order valence-electron chi connectivity index (χ3n) is 18.1. The predicted octanol–water partition coefficient (Wildman–Crippen LogP) is 14.0. The molecule has 10 nitrogen and oxygen atoms in total. The molecule has 4 N–H and O–H groups in total. The zero-order valence-electron chi connectivity index (χ0n) is 44.7. The van der Waals surface area contributed by atoms with Crippen molar-refractivity contribution in [3.05, 3.63) is 62.6 Å². The van der Waals surface area contributed by atoms with Gasteiger partial charge in [0.25, 0.3) is 11.8 Å². The Bertz CT molecular complexity index is 2160. The van der Waals surface area contributed by atoms with Crippen molar-refractivity contribution in [3.63, 3.8) is 0 Å². The number of allylic oxidation sites excluding steroid dienone is 1. The molecule has 12 heteroatoms. The number of phenols is 2. The van der Waals surface area contributed by atoms with Crippen LogP contribution in [-0.2, 0) is 19.1 Å². The first-order valence-electron chi connectivity index (χ1n) is 27.1. The molecule has 0 heterocycles. The zero-order valence-corrected chi connectivity index (χ0v) is 46.2. The molecule has 0 saturated heterocycles. The number of carbonyl (C=O) groups excluding carboxylic acids is 4. The van der Waals surface area contributed by atoms with Gasteiger partial charge in [-0.25, -0.2) is 9.59 Å². The predicted molar refractivity (Wildman–Crippen MR) is 285 cm³/mol. The van der Waals surface area contributed by atoms with E-state index in [2.05, 4.69) is 51.3 Å². The topological polar surface area (TPSA) is 151 Å². The number of hydrogen-bond acceptors (Lipinski definition) is 8. The largest absolute Gasteiger partial charge is 0.506 e. The number of rotatable bonds is 20. The number of nitrogens with one attached hydrogen (secondary N) is 2. The monoisotopic (exact) mass is 1020 g/mol. The molecule has 4 saturated carbocycles. The van der Waals surface area contributed by atoms with Crippen molar-refractivity contribution < 1.29 is 38.9 Å². The van der Waals surface area contributed by atoms with Gasteiger partial charge in [-0.2, -0.15) is 0 Å². The number of ether oxygens (including phenoxy) is 2. The highest BCUT2D eigenvalue weighted by Crippen LogP contribution is 2.69. The Hall–Kier alpha value is -3.76. The van der Waals surface area contributed by atoms with Gasteiger partial charge in [-0.05, 0) is 194 Å². The molecular formula is C59H86Cl2N2O8. The molecule has 4 aliphatic rings. The molecule has 2 amide bonds. The summed E-state index contributed by atoms with van der Waals surface area (Å²) in [4.78, 5) is 53.4. The molecule has 394 valence electrons. The van der Waals surface area contributed by atoms with Crippen LogP contribution in [0.2, 0.25) is 10.0 Å². The highest BCUT2D eigenvalue weighted by Gasteiger charge is 2.60. The zero-order chi connectivity index (χ0) is 52.1. The van der Waals surface area contributed by atoms with Crippen LogP contribution in [0, 0.1) is 70.0 Å². The van der Waals surface area contributed by atoms with E-state index in [1.165, 1.54) is 97.0 Å². The number of halogens is 2. The van der Waals surface area contributed by atoms with Crippen molar-refractivity contribution in [1.29, 1.82) is 0 Å². The molecule has 0 bridgehead atoms. The number of hydrogen-bond donors (Lipinski definition) is 4. The number of esters is 2. The molecule has 11 atom stereocenters. The summed E-state index contributed by atoms with van der Waals surface area (Å²) >= 11 is 13.5. The Kier molecular flexibility index (Phi) is 19.2. The van der Waals surface area contributed by atoms with E-state index in [0.29, 0.717) is 58.6 Å². The SMILES string of the molecule is COC(=O)[C@H](CC(C)C)NC(=O)c1cc(C(=CCC[C@H]2CC[C@@]3(C)C(CC[C@H]4[C@@H]5CC[C@H]([C@H](C)CCCC(C)C)[C@@]5(C)CC[C@@H]43)C2)c2cc(Cl)c(O)c(C(=O)N[C@@H](CC(C)C)C(=O)OC)c2)cc(Cl)c1O. The summed E-state index contributed by atoms with van der Waals surface area (Å²) in [5.74, 6) is 2.64. The van der Waals surface area contributed by atoms with Crippen molar-refractivity contribution in [1.82, 2.24) is 10.6 Å². The molecule has 6 rings (SSSR count). The van der Waals surface area contributed by atoms with Crippen LogP contribution < -0.4 is 10.6 Å². The average molecular weight is 1020 g/mol. The van der Waals surface area contributed by atoms with Crippen molar-refractivity contribution in [2.45, 2.75) is 177 Å². The number of carbonyl (C=O) groups is 4. The molecule has 4 aliphatic carbocycles. The lowest BCUT2D eigenvalue weighted by atomic mass is 9.44. The Labute approximate surface area is 435 Å². The van der Waals surface area contributed by atoms with E-state index in [9.17, 15) is 29.4 Å². The fraction of sp³-hybridized carbons (Fsp3) is 0.695. The third-order valence-corrected chi connectivity index (χ3v) is 18.7. The lowest BCUT2D eigenvalue weighted by Gasteiger charge is -2.61. The summed E-state index contributed by atoms with van der Waals surface area (Å²) in [7, 11) is 2.51. The minimum absolute atomic E-state index is 0.0472. The van der Waals surface area contributed by atoms with Gasteiger partial charge in [-0.15, -0.1) is 0 Å². The minimum atomic E-state index is -0.968. The smallest absolute Gasteiger partial charge is 0.328 e. The van der Waals surface area contributed by atoms with E-state index in [1.807, 2.05) is 27.7 Å². The number of amides is 2. The molecule has 1 unspecified atom stereocenters. The van der Waals surface area contributed by atoms with Crippen LogP contribution in [0.15, 0.2) is 30.3 Å². The molecule has 71 heavy (non-hydrogen) atoms. The van der Waals surface area contributed by atoms with Crippen molar-refractivity contribution >= 4 is 52.5 Å². The highest BCUT2D eigenvalue weighted by atomic mass is 35.5. The Balaban J connectivity index is 1.27. The van der Waals surface area contributed by atoms with Crippen LogP contribution in [-0.4, -0.2) is 60.3 Å². The average Bonchev–Trinajstić information content (AvgIpc) is 3.68. The van der Waals surface area contributed by atoms with Gasteiger partial charge < -0.3 is 30.3 Å². The summed E-state index contributed by atoms with van der Waals surface area (Å²) < 4.78 is 9.98. The van der Waals surface area contributed by atoms with E-state index in [0.717, 1.165) is 48.3 Å². The standard InChI is InChI=1S/C59H86Cl2N2O8/c1-33(2)14-12-15-36(7)45-20-21-46-42-19-18-40-28-37(22-24-58(40,8)47(42)23-25-59(45,46)9)16-13-17-41(38-29-43(52(64)48(60)31-38)54(66)62-50(26-34(3)4)56(68)70-10)39-30-44(53(65)49(61)32-39)55(67)63-51(27-35(5)6)57(69)71-11/h17,29-37,40,42,45-47,50-51,64-65H,12-16,18-28H2,1-11H3,(H,62,66)(H,63,67)/t36-,37+,40?,42+,45-,46+,47+,50+,51+,58+,59-/m1/s1. The summed E-state index contributed by atoms with van der Waals surface area (Å²) in [5.41, 5.74) is 2.01. The van der Waals surface area contributed by atoms with Crippen LogP contribution in [0.1, 0.15) is 197 Å². The minimum Gasteiger partial charge on any atom is -0.506 e. The second kappa shape index (κ2) is 24.1. The maximum absolute atomic E-state index is 14.0. The molecule has 4 fully saturated rings. The second-order valence-corrected chi connectivity index (χ2v) is 24.9. The van der Waals surface area contributed by atoms with E-state index >= 15 is 0 Å². The Morgan fingerprint density at radius 2 is 1.21 bits per heavy atom. The Morgan fingerprint density at radius 3 is 1.72 bits per heavy atom. The number of aromatic hydroxyl groups is 2. The first kappa shape index (κ1) is 56.5. The third kappa shape index (κ3) is 12.8. The number of phenolic OH excluding ortho intramolecular Hbond substituents is 2. The molecular weight excluding hydrogens is 936 g/mol. The quantitative estimate of drug-likeness (QED) is 0.0957. The summed E-state index contributed by atoms with van der Waals surface area (Å²) in [5, 5.41) is 27.8. The van der Waals surface area contributed by atoms with Crippen LogP contribution in [0.4, 0.5) is 0 Å². The van der Waals surface area contributed by atoms with Gasteiger partial charge in [-0.3, -0.25) is 9.59 Å². The summed E-state index contributed by atoms with van der Waals surface area (Å²) in [6, 6.07) is 4.21. The fourth-order valence-corrected chi connectivity index (χ4v) is 14.9. The molecule has 0 aliphatic heterocycles. The highest BCUT2D eigenvalue weighted by molar-refractivity contribution is 6.33. The molecule has 2 aromatic carbocycles. The van der Waals surface area contributed by atoms with Crippen LogP contribution in [0.3, 0.4) is 0 Å². The number of fused-ring (bicyclic) bond motifs is 5. The van der Waals surface area contributed by atoms with Gasteiger partial charge in [0.15, 0.2) is 0 Å². The molecule has 2 aromatic rings. The molecule has 0 spiro atoms. The fourth-order valence-electron chi connectivity index (χ4n) is 14.5. The van der Waals surface area contributed by atoms with Gasteiger partial charge >= 0.3 is 11.9 Å². The van der Waals surface area contributed by atoms with E-state index in [4.69, 9.17) is 32.7 Å². The summed E-state index contributed by atoms with van der Waals surface area (Å²) in [6.07, 6.45) is 20.1. The van der Waals surface area contributed by atoms with Gasteiger partial charge in [0, 0.05) is 0 Å². The second-order valence-electron chi connectivity index (χ2n) is 24.1. The van der Waals surface area contributed by atoms with E-state index in [-0.39, 0.29) is 33.0 Å². The Morgan fingerprint density at radius 1 is 0.690 bits per heavy atom. The van der Waals surface area contributed by atoms with Crippen molar-refractivity contribution in [3.8, 4) is 11.5 Å². The maximum atomic E-state index is 14.0. The van der Waals surface area contributed by atoms with Gasteiger partial charge in [-0.1, -0.05) is 111 Å². The van der Waals surface area contributed by atoms with Crippen LogP contribution in [0.5, 0.6) is 11.5 Å². The maximum Gasteiger partial charge on any atom is 0.328 e. The normalized spacial score (nSPS) is 27.2. The molecule has 0 aromatic heterocycles. The lowest BCUT2D eigenvalue weighted by molar-refractivity contribution is -0.144. The molecule has 0 radical (unpaired) electrons. The first-order valence-corrected chi connectivity index (χ1v) is 27.8. The number of benzene rings is 2. The first-order chi connectivity index (χ1) is 33.5. The van der Waals surface area contributed by atoms with Gasteiger partial charge in [0.2, 0.25) is 0 Å². The number of methoxy groups -OCH3 is 2. The van der Waals surface area contributed by atoms with Crippen LogP contribution in [0.25, 0.3) is 5.57 Å². The summed E-state index contributed by atoms with van der Waals surface area (Å²) in [6.45, 7) is 20.3. The lowest BCUT2D eigenvalue weighted by Crippen LogP contribution is -2.53. The van der Waals surface area contributed by atoms with E-state index in [1.54, 1.807) is 12.1 Å². The van der Waals surface area contributed by atoms with Crippen molar-refractivity contribution in [2.75, 3.05) is 14.2 Å². The van der Waals surface area contributed by atoms with Gasteiger partial charge in [0.05, 0.1) is 35.4 Å².